The van der Waals surface area contributed by atoms with E-state index in [1.54, 1.807) is 33.8 Å². The molecule has 0 aromatic rings. The Kier molecular flexibility index (Phi) is 6.39. The molecule has 0 bridgehead atoms. The van der Waals surface area contributed by atoms with Crippen LogP contribution in [0.15, 0.2) is 11.8 Å². The third-order valence-electron chi connectivity index (χ3n) is 2.76. The Morgan fingerprint density at radius 2 is 2.05 bits per heavy atom. The number of nitrogens with zero attached hydrogens (tertiary/aromatic N) is 1. The molecule has 0 saturated carbocycles. The predicted molar refractivity (Wildman–Crippen MR) is 79.9 cm³/mol. The quantitative estimate of drug-likeness (QED) is 0.797. The highest BCUT2D eigenvalue weighted by Crippen LogP contribution is 2.12. The Bertz CT molecular complexity index is 465. The topological polar surface area (TPSA) is 84.9 Å². The van der Waals surface area contributed by atoms with Crippen molar-refractivity contribution < 1.29 is 23.9 Å². The van der Waals surface area contributed by atoms with Crippen LogP contribution < -0.4 is 5.32 Å². The van der Waals surface area contributed by atoms with Gasteiger partial charge in [0.2, 0.25) is 0 Å². The first-order chi connectivity index (χ1) is 10.2. The Balaban J connectivity index is 2.69. The zero-order valence-corrected chi connectivity index (χ0v) is 13.6. The molecular formula is C15H24N2O5. The molecule has 0 aromatic carbocycles. The molecule has 0 atom stereocenters. The number of nitrogens with one attached hydrogen (secondary N) is 1. The highest BCUT2D eigenvalue weighted by atomic mass is 16.6. The van der Waals surface area contributed by atoms with E-state index in [1.165, 1.54) is 4.90 Å². The second kappa shape index (κ2) is 7.82. The summed E-state index contributed by atoms with van der Waals surface area (Å²) in [7, 11) is 0. The van der Waals surface area contributed by atoms with E-state index >= 15 is 0 Å². The van der Waals surface area contributed by atoms with Crippen molar-refractivity contribution in [1.29, 1.82) is 0 Å². The summed E-state index contributed by atoms with van der Waals surface area (Å²) in [5.74, 6) is -0.870. The van der Waals surface area contributed by atoms with Gasteiger partial charge < -0.3 is 14.4 Å². The van der Waals surface area contributed by atoms with Crippen LogP contribution >= 0.6 is 0 Å². The second-order valence-electron chi connectivity index (χ2n) is 5.92. The summed E-state index contributed by atoms with van der Waals surface area (Å²) >= 11 is 0. The molecule has 1 N–H and O–H groups in total. The van der Waals surface area contributed by atoms with Gasteiger partial charge in [0.1, 0.15) is 17.8 Å². The van der Waals surface area contributed by atoms with Gasteiger partial charge in [-0.2, -0.15) is 0 Å². The minimum atomic E-state index is -0.690. The van der Waals surface area contributed by atoms with Crippen LogP contribution in [0.4, 0.5) is 4.79 Å². The van der Waals surface area contributed by atoms with Crippen molar-refractivity contribution in [2.24, 2.45) is 0 Å². The standard InChI is InChI=1S/C15H24N2O5/c1-5-21-12(18)10-17-9-7-6-8-11(13(17)19)16-14(20)22-15(2,3)4/h8H,5-7,9-10H2,1-4H3,(H,16,20). The minimum absolute atomic E-state index is 0.125. The molecule has 7 heteroatoms. The zero-order valence-electron chi connectivity index (χ0n) is 13.6. The number of ether oxygens (including phenoxy) is 2. The van der Waals surface area contributed by atoms with Crippen LogP contribution in [-0.2, 0) is 19.1 Å². The number of allylic oxidation sites excluding steroid dienone is 1. The van der Waals surface area contributed by atoms with E-state index in [9.17, 15) is 14.4 Å². The van der Waals surface area contributed by atoms with Gasteiger partial charge in [-0.3, -0.25) is 14.9 Å². The summed E-state index contributed by atoms with van der Waals surface area (Å²) in [5.41, 5.74) is -0.515. The van der Waals surface area contributed by atoms with Gasteiger partial charge in [-0.25, -0.2) is 4.79 Å². The average Bonchev–Trinajstić information content (AvgIpc) is 2.52. The fourth-order valence-electron chi connectivity index (χ4n) is 1.92. The number of hydrogen-bond acceptors (Lipinski definition) is 5. The van der Waals surface area contributed by atoms with Gasteiger partial charge >= 0.3 is 12.1 Å². The largest absolute Gasteiger partial charge is 0.465 e. The fraction of sp³-hybridized carbons (Fsp3) is 0.667. The molecule has 0 unspecified atom stereocenters. The Labute approximate surface area is 130 Å². The van der Waals surface area contributed by atoms with E-state index in [0.29, 0.717) is 19.4 Å². The zero-order chi connectivity index (χ0) is 16.8. The molecule has 2 amide bonds. The van der Waals surface area contributed by atoms with Gasteiger partial charge in [0.05, 0.1) is 6.61 Å². The van der Waals surface area contributed by atoms with Crippen LogP contribution in [0.5, 0.6) is 0 Å². The van der Waals surface area contributed by atoms with Crippen LogP contribution in [0.2, 0.25) is 0 Å². The molecule has 0 saturated heterocycles. The third-order valence-corrected chi connectivity index (χ3v) is 2.76. The lowest BCUT2D eigenvalue weighted by molar-refractivity contribution is -0.147. The van der Waals surface area contributed by atoms with Gasteiger partial charge in [-0.15, -0.1) is 0 Å². The summed E-state index contributed by atoms with van der Waals surface area (Å²) in [4.78, 5) is 37.1. The molecule has 0 spiro atoms. The number of carbonyl (C=O) groups is 3. The fourth-order valence-corrected chi connectivity index (χ4v) is 1.92. The first kappa shape index (κ1) is 18.0. The molecule has 0 aromatic heterocycles. The van der Waals surface area contributed by atoms with E-state index in [-0.39, 0.29) is 18.8 Å². The summed E-state index contributed by atoms with van der Waals surface area (Å²) in [6, 6.07) is 0. The van der Waals surface area contributed by atoms with Crippen LogP contribution in [0.25, 0.3) is 0 Å². The lowest BCUT2D eigenvalue weighted by Gasteiger charge is -2.23. The Morgan fingerprint density at radius 1 is 1.36 bits per heavy atom. The van der Waals surface area contributed by atoms with E-state index in [4.69, 9.17) is 9.47 Å². The number of hydrogen-bond donors (Lipinski definition) is 1. The van der Waals surface area contributed by atoms with Gasteiger partial charge in [0.25, 0.3) is 5.91 Å². The molecular weight excluding hydrogens is 288 g/mol. The molecule has 0 aliphatic carbocycles. The maximum Gasteiger partial charge on any atom is 0.412 e. The third kappa shape index (κ3) is 6.15. The summed E-state index contributed by atoms with van der Waals surface area (Å²) in [6.07, 6.45) is 2.31. The molecule has 0 radical (unpaired) electrons. The predicted octanol–water partition coefficient (Wildman–Crippen LogP) is 1.58. The number of amides is 2. The number of alkyl carbamates (subject to hydrolysis) is 1. The van der Waals surface area contributed by atoms with Crippen molar-refractivity contribution >= 4 is 18.0 Å². The molecule has 1 aliphatic rings. The Hall–Kier alpha value is -2.05. The van der Waals surface area contributed by atoms with E-state index in [2.05, 4.69) is 5.32 Å². The smallest absolute Gasteiger partial charge is 0.412 e. The summed E-state index contributed by atoms with van der Waals surface area (Å²) in [5, 5.41) is 2.46. The number of rotatable bonds is 4. The van der Waals surface area contributed by atoms with E-state index < -0.39 is 23.6 Å². The van der Waals surface area contributed by atoms with Gasteiger partial charge in [-0.05, 0) is 40.5 Å². The second-order valence-corrected chi connectivity index (χ2v) is 5.92. The van der Waals surface area contributed by atoms with E-state index in [1.807, 2.05) is 0 Å². The highest BCUT2D eigenvalue weighted by molar-refractivity contribution is 5.97. The van der Waals surface area contributed by atoms with Crippen molar-refractivity contribution in [3.05, 3.63) is 11.8 Å². The van der Waals surface area contributed by atoms with Gasteiger partial charge in [0, 0.05) is 6.54 Å². The lowest BCUT2D eigenvalue weighted by Crippen LogP contribution is -2.42. The first-order valence-electron chi connectivity index (χ1n) is 7.38. The highest BCUT2D eigenvalue weighted by Gasteiger charge is 2.26. The van der Waals surface area contributed by atoms with Crippen molar-refractivity contribution in [1.82, 2.24) is 10.2 Å². The van der Waals surface area contributed by atoms with Crippen molar-refractivity contribution in [3.8, 4) is 0 Å². The monoisotopic (exact) mass is 312 g/mol. The van der Waals surface area contributed by atoms with Crippen LogP contribution in [0.3, 0.4) is 0 Å². The summed E-state index contributed by atoms with van der Waals surface area (Å²) in [6.45, 7) is 7.50. The first-order valence-corrected chi connectivity index (χ1v) is 7.38. The van der Waals surface area contributed by atoms with Crippen LogP contribution in [0, 0.1) is 0 Å². The maximum absolute atomic E-state index is 12.4. The molecule has 7 nitrogen and oxygen atoms in total. The summed E-state index contributed by atoms with van der Waals surface area (Å²) < 4.78 is 9.98. The molecule has 1 heterocycles. The molecule has 1 rings (SSSR count). The van der Waals surface area contributed by atoms with Crippen LogP contribution in [-0.4, -0.2) is 48.2 Å². The van der Waals surface area contributed by atoms with Crippen molar-refractivity contribution in [3.63, 3.8) is 0 Å². The van der Waals surface area contributed by atoms with Crippen LogP contribution in [0.1, 0.15) is 40.5 Å². The average molecular weight is 312 g/mol. The number of carbonyl (C=O) groups excluding carboxylic acids is 3. The molecule has 1 aliphatic heterocycles. The lowest BCUT2D eigenvalue weighted by atomic mass is 10.2. The Morgan fingerprint density at radius 3 is 2.64 bits per heavy atom. The SMILES string of the molecule is CCOC(=O)CN1CCCC=C(NC(=O)OC(C)(C)C)C1=O. The van der Waals surface area contributed by atoms with Crippen molar-refractivity contribution in [2.75, 3.05) is 19.7 Å². The van der Waals surface area contributed by atoms with Gasteiger partial charge in [0.15, 0.2) is 0 Å². The molecule has 22 heavy (non-hydrogen) atoms. The maximum atomic E-state index is 12.4. The normalized spacial score (nSPS) is 15.7. The molecule has 124 valence electrons. The van der Waals surface area contributed by atoms with E-state index in [0.717, 1.165) is 0 Å². The number of esters is 1. The van der Waals surface area contributed by atoms with Gasteiger partial charge in [-0.1, -0.05) is 6.08 Å². The minimum Gasteiger partial charge on any atom is -0.465 e. The molecule has 0 fully saturated rings. The van der Waals surface area contributed by atoms with Crippen molar-refractivity contribution in [2.45, 2.75) is 46.1 Å².